The van der Waals surface area contributed by atoms with Crippen LogP contribution in [0.25, 0.3) is 6.08 Å². The zero-order valence-electron chi connectivity index (χ0n) is 9.66. The zero-order valence-corrected chi connectivity index (χ0v) is 10.7. The molecule has 0 bridgehead atoms. The van der Waals surface area contributed by atoms with Crippen LogP contribution in [0.4, 0.5) is 0 Å². The van der Waals surface area contributed by atoms with E-state index in [4.69, 9.17) is 0 Å². The third-order valence-corrected chi connectivity index (χ3v) is 4.38. The Hall–Kier alpha value is -1.15. The summed E-state index contributed by atoms with van der Waals surface area (Å²) in [7, 11) is -1.17. The van der Waals surface area contributed by atoms with Crippen molar-refractivity contribution in [2.45, 2.75) is 26.1 Å². The number of aldehydes is 1. The van der Waals surface area contributed by atoms with Gasteiger partial charge in [0.25, 0.3) is 0 Å². The van der Waals surface area contributed by atoms with Gasteiger partial charge in [-0.3, -0.25) is 0 Å². The summed E-state index contributed by atoms with van der Waals surface area (Å²) in [6, 6.07) is 8.64. The van der Waals surface area contributed by atoms with E-state index in [1.807, 2.05) is 12.2 Å². The van der Waals surface area contributed by atoms with Gasteiger partial charge in [0, 0.05) is 6.42 Å². The Kier molecular flexibility index (Phi) is 4.03. The highest BCUT2D eigenvalue weighted by molar-refractivity contribution is 6.88. The second-order valence-corrected chi connectivity index (χ2v) is 9.75. The molecule has 15 heavy (non-hydrogen) atoms. The van der Waals surface area contributed by atoms with E-state index < -0.39 is 8.07 Å². The van der Waals surface area contributed by atoms with Crippen molar-refractivity contribution in [1.82, 2.24) is 0 Å². The normalized spacial score (nSPS) is 11.9. The van der Waals surface area contributed by atoms with Gasteiger partial charge in [-0.15, -0.1) is 0 Å². The molecule has 1 rings (SSSR count). The van der Waals surface area contributed by atoms with Crippen molar-refractivity contribution in [2.75, 3.05) is 0 Å². The summed E-state index contributed by atoms with van der Waals surface area (Å²) < 4.78 is 0. The molecule has 0 unspecified atom stereocenters. The Labute approximate surface area is 92.8 Å². The first-order valence-corrected chi connectivity index (χ1v) is 8.75. The van der Waals surface area contributed by atoms with E-state index in [0.29, 0.717) is 6.42 Å². The van der Waals surface area contributed by atoms with Crippen LogP contribution in [0, 0.1) is 0 Å². The van der Waals surface area contributed by atoms with Crippen LogP contribution in [0.3, 0.4) is 0 Å². The van der Waals surface area contributed by atoms with Crippen molar-refractivity contribution in [3.63, 3.8) is 0 Å². The zero-order chi connectivity index (χ0) is 11.3. The molecular formula is C13H18OSi. The fraction of sp³-hybridized carbons (Fsp3) is 0.308. The number of carbonyl (C=O) groups excluding carboxylic acids is 1. The van der Waals surface area contributed by atoms with Crippen molar-refractivity contribution in [3.8, 4) is 0 Å². The van der Waals surface area contributed by atoms with Gasteiger partial charge in [-0.25, -0.2) is 0 Å². The summed E-state index contributed by atoms with van der Waals surface area (Å²) in [5, 5.41) is 1.47. The minimum atomic E-state index is -1.17. The summed E-state index contributed by atoms with van der Waals surface area (Å²) in [5.74, 6) is 0. The van der Waals surface area contributed by atoms with Gasteiger partial charge < -0.3 is 4.79 Å². The Morgan fingerprint density at radius 2 is 1.73 bits per heavy atom. The summed E-state index contributed by atoms with van der Waals surface area (Å²) in [6.45, 7) is 7.01. The Morgan fingerprint density at radius 3 is 2.20 bits per heavy atom. The van der Waals surface area contributed by atoms with Gasteiger partial charge in [-0.05, 0) is 5.56 Å². The van der Waals surface area contributed by atoms with E-state index in [2.05, 4.69) is 43.9 Å². The fourth-order valence-electron chi connectivity index (χ4n) is 1.35. The molecule has 2 heteroatoms. The minimum Gasteiger partial charge on any atom is -0.303 e. The molecular weight excluding hydrogens is 200 g/mol. The number of allylic oxidation sites excluding steroid dienone is 1. The van der Waals surface area contributed by atoms with Gasteiger partial charge in [-0.1, -0.05) is 61.2 Å². The van der Waals surface area contributed by atoms with Crippen LogP contribution in [0.15, 0.2) is 30.3 Å². The highest BCUT2D eigenvalue weighted by atomic mass is 28.3. The lowest BCUT2D eigenvalue weighted by atomic mass is 10.2. The number of benzene rings is 1. The van der Waals surface area contributed by atoms with Crippen LogP contribution in [0.5, 0.6) is 0 Å². The van der Waals surface area contributed by atoms with Crippen LogP contribution >= 0.6 is 0 Å². The monoisotopic (exact) mass is 218 g/mol. The van der Waals surface area contributed by atoms with Crippen LogP contribution in [-0.2, 0) is 4.79 Å². The van der Waals surface area contributed by atoms with E-state index in [-0.39, 0.29) is 0 Å². The lowest BCUT2D eigenvalue weighted by Gasteiger charge is -2.16. The van der Waals surface area contributed by atoms with Crippen LogP contribution < -0.4 is 5.19 Å². The highest BCUT2D eigenvalue weighted by Gasteiger charge is 2.15. The first kappa shape index (κ1) is 11.9. The maximum Gasteiger partial charge on any atom is 0.123 e. The summed E-state index contributed by atoms with van der Waals surface area (Å²) in [4.78, 5) is 10.1. The predicted octanol–water partition coefficient (Wildman–Crippen LogP) is 2.83. The molecule has 1 aromatic carbocycles. The van der Waals surface area contributed by atoms with E-state index in [9.17, 15) is 4.79 Å². The molecule has 0 aromatic heterocycles. The predicted molar refractivity (Wildman–Crippen MR) is 69.1 cm³/mol. The molecule has 0 N–H and O–H groups in total. The molecule has 0 heterocycles. The SMILES string of the molecule is C[Si](C)(C)c1ccc(C=CCC=O)cc1. The van der Waals surface area contributed by atoms with E-state index in [1.165, 1.54) is 10.8 Å². The molecule has 0 fully saturated rings. The quantitative estimate of drug-likeness (QED) is 0.561. The fourth-order valence-corrected chi connectivity index (χ4v) is 2.52. The first-order chi connectivity index (χ1) is 7.04. The lowest BCUT2D eigenvalue weighted by Crippen LogP contribution is -2.37. The summed E-state index contributed by atoms with van der Waals surface area (Å²) >= 11 is 0. The maximum absolute atomic E-state index is 10.1. The van der Waals surface area contributed by atoms with Crippen LogP contribution in [0.1, 0.15) is 12.0 Å². The van der Waals surface area contributed by atoms with E-state index in [0.717, 1.165) is 6.29 Å². The molecule has 80 valence electrons. The molecule has 0 amide bonds. The third kappa shape index (κ3) is 3.84. The van der Waals surface area contributed by atoms with Gasteiger partial charge in [-0.2, -0.15) is 0 Å². The Balaban J connectivity index is 2.77. The molecule has 0 spiro atoms. The number of carbonyl (C=O) groups is 1. The van der Waals surface area contributed by atoms with Crippen molar-refractivity contribution in [3.05, 3.63) is 35.9 Å². The average Bonchev–Trinajstić information content (AvgIpc) is 2.18. The molecule has 0 atom stereocenters. The van der Waals surface area contributed by atoms with Gasteiger partial charge in [0.05, 0.1) is 8.07 Å². The molecule has 0 radical (unpaired) electrons. The second-order valence-electron chi connectivity index (χ2n) is 4.68. The molecule has 1 nitrogen and oxygen atoms in total. The lowest BCUT2D eigenvalue weighted by molar-refractivity contribution is -0.107. The number of rotatable bonds is 4. The van der Waals surface area contributed by atoms with Gasteiger partial charge >= 0.3 is 0 Å². The largest absolute Gasteiger partial charge is 0.303 e. The summed E-state index contributed by atoms with van der Waals surface area (Å²) in [5.41, 5.74) is 1.17. The van der Waals surface area contributed by atoms with E-state index >= 15 is 0 Å². The molecule has 1 aromatic rings. The van der Waals surface area contributed by atoms with Crippen LogP contribution in [0.2, 0.25) is 19.6 Å². The average molecular weight is 218 g/mol. The van der Waals surface area contributed by atoms with Crippen LogP contribution in [-0.4, -0.2) is 14.4 Å². The molecule has 0 saturated carbocycles. The molecule has 0 aliphatic carbocycles. The van der Waals surface area contributed by atoms with Crippen molar-refractivity contribution < 1.29 is 4.79 Å². The van der Waals surface area contributed by atoms with Crippen molar-refractivity contribution in [2.24, 2.45) is 0 Å². The number of hydrogen-bond acceptors (Lipinski definition) is 1. The second kappa shape index (κ2) is 5.08. The maximum atomic E-state index is 10.1. The first-order valence-electron chi connectivity index (χ1n) is 5.25. The smallest absolute Gasteiger partial charge is 0.123 e. The number of hydrogen-bond donors (Lipinski definition) is 0. The molecule has 0 aliphatic rings. The highest BCUT2D eigenvalue weighted by Crippen LogP contribution is 2.06. The minimum absolute atomic E-state index is 0.496. The third-order valence-electron chi connectivity index (χ3n) is 2.32. The van der Waals surface area contributed by atoms with Gasteiger partial charge in [0.2, 0.25) is 0 Å². The Morgan fingerprint density at radius 1 is 1.13 bits per heavy atom. The standard InChI is InChI=1S/C13H18OSi/c1-15(2,3)13-9-7-12(8-10-13)6-4-5-11-14/h4,6-11H,5H2,1-3H3. The van der Waals surface area contributed by atoms with E-state index in [1.54, 1.807) is 0 Å². The molecule has 0 aliphatic heterocycles. The van der Waals surface area contributed by atoms with Gasteiger partial charge in [0.15, 0.2) is 0 Å². The summed E-state index contributed by atoms with van der Waals surface area (Å²) in [6.07, 6.45) is 5.28. The Bertz CT molecular complexity index is 344. The van der Waals surface area contributed by atoms with Crippen molar-refractivity contribution in [1.29, 1.82) is 0 Å². The topological polar surface area (TPSA) is 17.1 Å². The van der Waals surface area contributed by atoms with Crippen molar-refractivity contribution >= 4 is 25.6 Å². The van der Waals surface area contributed by atoms with Gasteiger partial charge in [0.1, 0.15) is 6.29 Å². The molecule has 0 saturated heterocycles.